The molecule has 1 aromatic carbocycles. The highest BCUT2D eigenvalue weighted by Crippen LogP contribution is 2.21. The summed E-state index contributed by atoms with van der Waals surface area (Å²) >= 11 is 1.57. The molecule has 0 aliphatic carbocycles. The predicted octanol–water partition coefficient (Wildman–Crippen LogP) is 3.04. The fourth-order valence-electron chi connectivity index (χ4n) is 1.67. The van der Waals surface area contributed by atoms with Crippen molar-refractivity contribution in [3.05, 3.63) is 45.7 Å². The summed E-state index contributed by atoms with van der Waals surface area (Å²) in [7, 11) is 1.86. The largest absolute Gasteiger partial charge is 0.369 e. The van der Waals surface area contributed by atoms with Crippen molar-refractivity contribution < 1.29 is 9.18 Å². The molecule has 0 fully saturated rings. The Morgan fingerprint density at radius 1 is 1.44 bits per heavy atom. The SMILES string of the molecule is Cc1ncsc1CN(C)c1cc(F)cc(C=O)c1. The van der Waals surface area contributed by atoms with Crippen LogP contribution in [0.1, 0.15) is 20.9 Å². The number of aromatic nitrogens is 1. The third-order valence-electron chi connectivity index (χ3n) is 2.71. The van der Waals surface area contributed by atoms with Gasteiger partial charge in [0.2, 0.25) is 0 Å². The van der Waals surface area contributed by atoms with E-state index >= 15 is 0 Å². The van der Waals surface area contributed by atoms with Crippen molar-refractivity contribution in [2.24, 2.45) is 0 Å². The smallest absolute Gasteiger partial charge is 0.150 e. The molecule has 0 saturated carbocycles. The van der Waals surface area contributed by atoms with Gasteiger partial charge in [-0.1, -0.05) is 0 Å². The van der Waals surface area contributed by atoms with Gasteiger partial charge in [-0.2, -0.15) is 0 Å². The summed E-state index contributed by atoms with van der Waals surface area (Å²) in [6.07, 6.45) is 0.651. The van der Waals surface area contributed by atoms with E-state index in [-0.39, 0.29) is 0 Å². The summed E-state index contributed by atoms with van der Waals surface area (Å²) in [6, 6.07) is 4.32. The molecule has 94 valence electrons. The molecule has 0 unspecified atom stereocenters. The third-order valence-corrected chi connectivity index (χ3v) is 3.63. The van der Waals surface area contributed by atoms with E-state index < -0.39 is 5.82 Å². The zero-order valence-corrected chi connectivity index (χ0v) is 11.0. The first kappa shape index (κ1) is 12.7. The number of rotatable bonds is 4. The van der Waals surface area contributed by atoms with Gasteiger partial charge in [0.05, 0.1) is 17.7 Å². The maximum atomic E-state index is 13.3. The minimum atomic E-state index is -0.400. The molecule has 1 heterocycles. The minimum Gasteiger partial charge on any atom is -0.369 e. The molecule has 0 atom stereocenters. The Hall–Kier alpha value is -1.75. The van der Waals surface area contributed by atoms with Crippen LogP contribution in [0.2, 0.25) is 0 Å². The van der Waals surface area contributed by atoms with Crippen LogP contribution >= 0.6 is 11.3 Å². The molecule has 0 radical (unpaired) electrons. The molecule has 0 saturated heterocycles. The van der Waals surface area contributed by atoms with Gasteiger partial charge in [0, 0.05) is 23.2 Å². The quantitative estimate of drug-likeness (QED) is 0.796. The summed E-state index contributed by atoms with van der Waals surface area (Å²) < 4.78 is 13.3. The number of anilines is 1. The summed E-state index contributed by atoms with van der Waals surface area (Å²) in [5, 5.41) is 0. The van der Waals surface area contributed by atoms with E-state index in [2.05, 4.69) is 4.98 Å². The number of hydrogen-bond donors (Lipinski definition) is 0. The molecule has 0 aliphatic heterocycles. The van der Waals surface area contributed by atoms with Gasteiger partial charge >= 0.3 is 0 Å². The summed E-state index contributed by atoms with van der Waals surface area (Å²) in [6.45, 7) is 2.60. The lowest BCUT2D eigenvalue weighted by Gasteiger charge is -2.19. The fraction of sp³-hybridized carbons (Fsp3) is 0.231. The highest BCUT2D eigenvalue weighted by Gasteiger charge is 2.08. The zero-order chi connectivity index (χ0) is 13.1. The van der Waals surface area contributed by atoms with Crippen molar-refractivity contribution in [3.8, 4) is 0 Å². The number of thiazole rings is 1. The van der Waals surface area contributed by atoms with Gasteiger partial charge in [-0.3, -0.25) is 4.79 Å². The first-order valence-electron chi connectivity index (χ1n) is 5.46. The van der Waals surface area contributed by atoms with Gasteiger partial charge in [-0.05, 0) is 25.1 Å². The number of carbonyl (C=O) groups is 1. The second-order valence-corrected chi connectivity index (χ2v) is 5.02. The molecular weight excluding hydrogens is 251 g/mol. The lowest BCUT2D eigenvalue weighted by molar-refractivity contribution is 0.112. The van der Waals surface area contributed by atoms with Crippen LogP contribution in [0.15, 0.2) is 23.7 Å². The number of aryl methyl sites for hydroxylation is 1. The van der Waals surface area contributed by atoms with Crippen LogP contribution in [-0.4, -0.2) is 18.3 Å². The second kappa shape index (κ2) is 5.27. The van der Waals surface area contributed by atoms with Crippen LogP contribution in [0, 0.1) is 12.7 Å². The Labute approximate surface area is 109 Å². The number of hydrogen-bond acceptors (Lipinski definition) is 4. The van der Waals surface area contributed by atoms with Crippen LogP contribution < -0.4 is 4.90 Å². The highest BCUT2D eigenvalue weighted by molar-refractivity contribution is 7.09. The maximum Gasteiger partial charge on any atom is 0.150 e. The molecule has 2 aromatic rings. The molecule has 0 spiro atoms. The number of halogens is 1. The van der Waals surface area contributed by atoms with Crippen LogP contribution in [0.25, 0.3) is 0 Å². The van der Waals surface area contributed by atoms with Crippen molar-refractivity contribution in [3.63, 3.8) is 0 Å². The third kappa shape index (κ3) is 2.73. The topological polar surface area (TPSA) is 33.2 Å². The molecule has 1 aromatic heterocycles. The number of benzene rings is 1. The van der Waals surface area contributed by atoms with E-state index in [0.29, 0.717) is 24.1 Å². The number of carbonyl (C=O) groups excluding carboxylic acids is 1. The van der Waals surface area contributed by atoms with Gasteiger partial charge in [0.15, 0.2) is 0 Å². The van der Waals surface area contributed by atoms with Crippen molar-refractivity contribution >= 4 is 23.3 Å². The monoisotopic (exact) mass is 264 g/mol. The van der Waals surface area contributed by atoms with Gasteiger partial charge in [0.25, 0.3) is 0 Å². The average molecular weight is 264 g/mol. The van der Waals surface area contributed by atoms with Gasteiger partial charge in [-0.25, -0.2) is 9.37 Å². The zero-order valence-electron chi connectivity index (χ0n) is 10.2. The Balaban J connectivity index is 2.23. The second-order valence-electron chi connectivity index (χ2n) is 4.08. The summed E-state index contributed by atoms with van der Waals surface area (Å²) in [5.74, 6) is -0.400. The van der Waals surface area contributed by atoms with Crippen LogP contribution in [0.3, 0.4) is 0 Å². The molecule has 0 N–H and O–H groups in total. The Morgan fingerprint density at radius 3 is 2.83 bits per heavy atom. The molecule has 0 bridgehead atoms. The molecule has 0 amide bonds. The van der Waals surface area contributed by atoms with Crippen molar-refractivity contribution in [2.75, 3.05) is 11.9 Å². The molecule has 5 heteroatoms. The van der Waals surface area contributed by atoms with Crippen LogP contribution in [-0.2, 0) is 6.54 Å². The van der Waals surface area contributed by atoms with Crippen molar-refractivity contribution in [1.82, 2.24) is 4.98 Å². The maximum absolute atomic E-state index is 13.3. The summed E-state index contributed by atoms with van der Waals surface area (Å²) in [4.78, 5) is 17.9. The van der Waals surface area contributed by atoms with E-state index in [1.807, 2.05) is 18.9 Å². The standard InChI is InChI=1S/C13H13FN2OS/c1-9-13(18-8-15-9)6-16(2)12-4-10(7-17)3-11(14)5-12/h3-5,7-8H,6H2,1-2H3. The molecule has 2 rings (SSSR count). The molecule has 3 nitrogen and oxygen atoms in total. The van der Waals surface area contributed by atoms with Gasteiger partial charge < -0.3 is 4.90 Å². The van der Waals surface area contributed by atoms with Gasteiger partial charge in [0.1, 0.15) is 12.1 Å². The van der Waals surface area contributed by atoms with E-state index in [4.69, 9.17) is 0 Å². The first-order chi connectivity index (χ1) is 8.60. The van der Waals surface area contributed by atoms with Gasteiger partial charge in [-0.15, -0.1) is 11.3 Å². The minimum absolute atomic E-state index is 0.345. The molecular formula is C13H13FN2OS. The summed E-state index contributed by atoms with van der Waals surface area (Å²) in [5.41, 5.74) is 3.81. The Morgan fingerprint density at radius 2 is 2.22 bits per heavy atom. The lowest BCUT2D eigenvalue weighted by atomic mass is 10.2. The first-order valence-corrected chi connectivity index (χ1v) is 6.34. The lowest BCUT2D eigenvalue weighted by Crippen LogP contribution is -2.16. The number of aldehydes is 1. The van der Waals surface area contributed by atoms with Crippen LogP contribution in [0.4, 0.5) is 10.1 Å². The average Bonchev–Trinajstić information content (AvgIpc) is 2.74. The van der Waals surface area contributed by atoms with E-state index in [1.165, 1.54) is 12.1 Å². The highest BCUT2D eigenvalue weighted by atomic mass is 32.1. The van der Waals surface area contributed by atoms with E-state index in [9.17, 15) is 9.18 Å². The molecule has 18 heavy (non-hydrogen) atoms. The van der Waals surface area contributed by atoms with E-state index in [1.54, 1.807) is 22.9 Å². The Bertz CT molecular complexity index is 568. The predicted molar refractivity (Wildman–Crippen MR) is 70.7 cm³/mol. The number of nitrogens with zero attached hydrogens (tertiary/aromatic N) is 2. The molecule has 0 aliphatic rings. The Kier molecular flexibility index (Phi) is 3.72. The van der Waals surface area contributed by atoms with Crippen LogP contribution in [0.5, 0.6) is 0 Å². The fourth-order valence-corrected chi connectivity index (χ4v) is 2.50. The van der Waals surface area contributed by atoms with Crippen molar-refractivity contribution in [1.29, 1.82) is 0 Å². The normalized spacial score (nSPS) is 10.4. The van der Waals surface area contributed by atoms with E-state index in [0.717, 1.165) is 10.6 Å². The van der Waals surface area contributed by atoms with Crippen molar-refractivity contribution in [2.45, 2.75) is 13.5 Å².